The van der Waals surface area contributed by atoms with Crippen molar-refractivity contribution in [1.29, 1.82) is 0 Å². The molecule has 0 aromatic heterocycles. The van der Waals surface area contributed by atoms with Crippen molar-refractivity contribution in [3.05, 3.63) is 65.0 Å². The number of ether oxygens (including phenoxy) is 2. The van der Waals surface area contributed by atoms with Crippen LogP contribution in [0, 0.1) is 6.57 Å². The van der Waals surface area contributed by atoms with Crippen LogP contribution in [0.25, 0.3) is 4.85 Å². The van der Waals surface area contributed by atoms with Crippen LogP contribution in [-0.4, -0.2) is 11.4 Å². The predicted octanol–water partition coefficient (Wildman–Crippen LogP) is 5.34. The summed E-state index contributed by atoms with van der Waals surface area (Å²) in [7, 11) is 0. The van der Waals surface area contributed by atoms with Gasteiger partial charge in [-0.1, -0.05) is 37.6 Å². The second kappa shape index (κ2) is 6.98. The highest BCUT2D eigenvalue weighted by molar-refractivity contribution is 6.00. The lowest BCUT2D eigenvalue weighted by Gasteiger charge is -2.34. The quantitative estimate of drug-likeness (QED) is 0.692. The van der Waals surface area contributed by atoms with E-state index in [4.69, 9.17) is 16.0 Å². The van der Waals surface area contributed by atoms with Crippen molar-refractivity contribution in [2.45, 2.75) is 45.3 Å². The van der Waals surface area contributed by atoms with E-state index in [0.717, 1.165) is 18.4 Å². The van der Waals surface area contributed by atoms with Gasteiger partial charge in [0, 0.05) is 0 Å². The zero-order valence-corrected chi connectivity index (χ0v) is 14.5. The van der Waals surface area contributed by atoms with Crippen LogP contribution in [-0.2, 0) is 6.61 Å². The number of ketones is 1. The van der Waals surface area contributed by atoms with Gasteiger partial charge in [0.1, 0.15) is 23.7 Å². The monoisotopic (exact) mass is 335 g/mol. The van der Waals surface area contributed by atoms with Crippen molar-refractivity contribution < 1.29 is 14.3 Å². The lowest BCUT2D eigenvalue weighted by molar-refractivity contribution is 0.0464. The molecular formula is C21H21NO3. The fourth-order valence-electron chi connectivity index (χ4n) is 3.14. The van der Waals surface area contributed by atoms with Gasteiger partial charge in [0.05, 0.1) is 18.6 Å². The molecule has 0 saturated heterocycles. The van der Waals surface area contributed by atoms with Crippen LogP contribution in [0.1, 0.15) is 49.0 Å². The largest absolute Gasteiger partial charge is 0.489 e. The molecule has 1 heterocycles. The van der Waals surface area contributed by atoms with E-state index >= 15 is 0 Å². The van der Waals surface area contributed by atoms with Gasteiger partial charge in [0.15, 0.2) is 11.5 Å². The van der Waals surface area contributed by atoms with Gasteiger partial charge in [-0.3, -0.25) is 4.79 Å². The first-order valence-electron chi connectivity index (χ1n) is 8.48. The minimum atomic E-state index is -0.411. The Bertz CT molecular complexity index is 820. The number of carbonyl (C=O) groups excluding carboxylic acids is 1. The normalized spacial score (nSPS) is 18.8. The smallest absolute Gasteiger partial charge is 0.187 e. The standard InChI is InChI=1S/C21H21NO3/c1-4-11-21(2)13-19(23)18-12-17(9-10-20(18)25-21)24-14-15-5-7-16(22-3)8-6-15/h5-10,12H,4,11,13-14H2,1-2H3. The summed E-state index contributed by atoms with van der Waals surface area (Å²) in [6.45, 7) is 11.4. The fraction of sp³-hybridized carbons (Fsp3) is 0.333. The lowest BCUT2D eigenvalue weighted by Crippen LogP contribution is -2.38. The first-order chi connectivity index (χ1) is 12.0. The molecule has 1 aliphatic heterocycles. The average molecular weight is 335 g/mol. The van der Waals surface area contributed by atoms with Crippen molar-refractivity contribution in [2.75, 3.05) is 0 Å². The van der Waals surface area contributed by atoms with Gasteiger partial charge in [-0.15, -0.1) is 0 Å². The van der Waals surface area contributed by atoms with Crippen LogP contribution in [0.4, 0.5) is 5.69 Å². The first kappa shape index (κ1) is 17.0. The Morgan fingerprint density at radius 2 is 2.00 bits per heavy atom. The van der Waals surface area contributed by atoms with Gasteiger partial charge >= 0.3 is 0 Å². The molecule has 128 valence electrons. The molecule has 1 unspecified atom stereocenters. The van der Waals surface area contributed by atoms with Gasteiger partial charge in [0.25, 0.3) is 0 Å². The van der Waals surface area contributed by atoms with Crippen molar-refractivity contribution in [3.8, 4) is 11.5 Å². The van der Waals surface area contributed by atoms with Gasteiger partial charge in [-0.25, -0.2) is 4.85 Å². The molecule has 25 heavy (non-hydrogen) atoms. The van der Waals surface area contributed by atoms with Gasteiger partial charge < -0.3 is 9.47 Å². The van der Waals surface area contributed by atoms with E-state index < -0.39 is 5.60 Å². The Labute approximate surface area is 148 Å². The molecule has 0 bridgehead atoms. The number of nitrogens with zero attached hydrogens (tertiary/aromatic N) is 1. The molecule has 0 radical (unpaired) electrons. The Hall–Kier alpha value is -2.80. The summed E-state index contributed by atoms with van der Waals surface area (Å²) in [5.41, 5.74) is 1.76. The number of benzene rings is 2. The van der Waals surface area contributed by atoms with E-state index in [-0.39, 0.29) is 5.78 Å². The molecule has 0 spiro atoms. The third kappa shape index (κ3) is 3.83. The van der Waals surface area contributed by atoms with Crippen LogP contribution < -0.4 is 9.47 Å². The zero-order chi connectivity index (χ0) is 17.9. The summed E-state index contributed by atoms with van der Waals surface area (Å²) in [5.74, 6) is 1.38. The summed E-state index contributed by atoms with van der Waals surface area (Å²) in [6.07, 6.45) is 2.24. The average Bonchev–Trinajstić information content (AvgIpc) is 2.60. The molecule has 0 amide bonds. The van der Waals surface area contributed by atoms with Gasteiger partial charge in [-0.05, 0) is 37.1 Å². The number of Topliss-reactive ketones (excluding diaryl/α,β-unsaturated/α-hetero) is 1. The van der Waals surface area contributed by atoms with Crippen LogP contribution in [0.3, 0.4) is 0 Å². The Morgan fingerprint density at radius 3 is 2.68 bits per heavy atom. The molecule has 1 atom stereocenters. The van der Waals surface area contributed by atoms with Crippen LogP contribution in [0.2, 0.25) is 0 Å². The van der Waals surface area contributed by atoms with Crippen LogP contribution >= 0.6 is 0 Å². The van der Waals surface area contributed by atoms with E-state index in [1.54, 1.807) is 18.2 Å². The van der Waals surface area contributed by atoms with E-state index in [1.165, 1.54) is 0 Å². The zero-order valence-electron chi connectivity index (χ0n) is 14.5. The summed E-state index contributed by atoms with van der Waals surface area (Å²) >= 11 is 0. The highest BCUT2D eigenvalue weighted by Gasteiger charge is 2.35. The summed E-state index contributed by atoms with van der Waals surface area (Å²) in [4.78, 5) is 15.9. The van der Waals surface area contributed by atoms with Crippen LogP contribution in [0.15, 0.2) is 42.5 Å². The van der Waals surface area contributed by atoms with Crippen molar-refractivity contribution in [3.63, 3.8) is 0 Å². The molecule has 0 fully saturated rings. The van der Waals surface area contributed by atoms with Crippen molar-refractivity contribution in [1.82, 2.24) is 0 Å². The Kier molecular flexibility index (Phi) is 4.76. The maximum atomic E-state index is 12.5. The number of fused-ring (bicyclic) bond motifs is 1. The molecule has 2 aromatic rings. The predicted molar refractivity (Wildman–Crippen MR) is 96.4 cm³/mol. The second-order valence-corrected chi connectivity index (χ2v) is 6.63. The first-order valence-corrected chi connectivity index (χ1v) is 8.48. The molecule has 3 rings (SSSR count). The van der Waals surface area contributed by atoms with Crippen molar-refractivity contribution >= 4 is 11.5 Å². The summed E-state index contributed by atoms with van der Waals surface area (Å²) in [5, 5.41) is 0. The molecule has 0 saturated carbocycles. The van der Waals surface area contributed by atoms with E-state index in [2.05, 4.69) is 11.8 Å². The number of hydrogen-bond acceptors (Lipinski definition) is 3. The Balaban J connectivity index is 1.72. The summed E-state index contributed by atoms with van der Waals surface area (Å²) in [6, 6.07) is 12.7. The van der Waals surface area contributed by atoms with E-state index in [1.807, 2.05) is 31.2 Å². The number of rotatable bonds is 5. The van der Waals surface area contributed by atoms with Gasteiger partial charge in [0.2, 0.25) is 0 Å². The molecule has 1 aliphatic rings. The number of hydrogen-bond donors (Lipinski definition) is 0. The third-order valence-corrected chi connectivity index (χ3v) is 4.39. The third-order valence-electron chi connectivity index (χ3n) is 4.39. The molecule has 4 nitrogen and oxygen atoms in total. The molecule has 0 N–H and O–H groups in total. The molecular weight excluding hydrogens is 314 g/mol. The maximum absolute atomic E-state index is 12.5. The fourth-order valence-corrected chi connectivity index (χ4v) is 3.14. The second-order valence-electron chi connectivity index (χ2n) is 6.63. The summed E-state index contributed by atoms with van der Waals surface area (Å²) < 4.78 is 11.9. The van der Waals surface area contributed by atoms with Crippen molar-refractivity contribution in [2.24, 2.45) is 0 Å². The topological polar surface area (TPSA) is 39.9 Å². The minimum absolute atomic E-state index is 0.101. The molecule has 2 aromatic carbocycles. The van der Waals surface area contributed by atoms with Crippen LogP contribution in [0.5, 0.6) is 11.5 Å². The number of carbonyl (C=O) groups is 1. The highest BCUT2D eigenvalue weighted by atomic mass is 16.5. The highest BCUT2D eigenvalue weighted by Crippen LogP contribution is 2.37. The SMILES string of the molecule is [C-]#[N+]c1ccc(COc2ccc3c(c2)C(=O)CC(C)(CCC)O3)cc1. The maximum Gasteiger partial charge on any atom is 0.187 e. The van der Waals surface area contributed by atoms with Gasteiger partial charge in [-0.2, -0.15) is 0 Å². The molecule has 4 heteroatoms. The molecule has 0 aliphatic carbocycles. The van der Waals surface area contributed by atoms with E-state index in [0.29, 0.717) is 35.8 Å². The Morgan fingerprint density at radius 1 is 1.24 bits per heavy atom. The minimum Gasteiger partial charge on any atom is -0.489 e. The lowest BCUT2D eigenvalue weighted by atomic mass is 9.88. The van der Waals surface area contributed by atoms with E-state index in [9.17, 15) is 4.79 Å².